The smallest absolute Gasteiger partial charge is 0.0256 e. The fraction of sp³-hybridized carbons (Fsp3) is 0.400. The molecule has 1 aromatic rings. The molecule has 0 amide bonds. The van der Waals surface area contributed by atoms with E-state index in [0.29, 0.717) is 0 Å². The molecule has 0 bridgehead atoms. The minimum atomic E-state index is 0.143. The second-order valence-corrected chi connectivity index (χ2v) is 3.21. The Morgan fingerprint density at radius 3 is 2.73 bits per heavy atom. The number of fused-ring (bicyclic) bond motifs is 1. The fourth-order valence-corrected chi connectivity index (χ4v) is 1.70. The zero-order valence-corrected chi connectivity index (χ0v) is 6.51. The number of hydrogen-bond donors (Lipinski definition) is 0. The van der Waals surface area contributed by atoms with Gasteiger partial charge in [0.1, 0.15) is 0 Å². The van der Waals surface area contributed by atoms with Gasteiger partial charge in [-0.05, 0) is 30.4 Å². The van der Waals surface area contributed by atoms with Crippen LogP contribution < -0.4 is 5.73 Å². The normalized spacial score (nSPS) is 22.8. The molecule has 0 saturated heterocycles. The van der Waals surface area contributed by atoms with Crippen molar-refractivity contribution in [3.63, 3.8) is 0 Å². The predicted octanol–water partition coefficient (Wildman–Crippen LogP) is 1.83. The van der Waals surface area contributed by atoms with E-state index in [1.54, 1.807) is 0 Å². The number of hydrogen-bond acceptors (Lipinski definition) is 0. The van der Waals surface area contributed by atoms with Crippen LogP contribution in [0.4, 0.5) is 0 Å². The highest BCUT2D eigenvalue weighted by Crippen LogP contribution is 2.20. The van der Waals surface area contributed by atoms with Crippen molar-refractivity contribution in [3.05, 3.63) is 35.4 Å². The summed E-state index contributed by atoms with van der Waals surface area (Å²) >= 11 is 0. The van der Waals surface area contributed by atoms with Gasteiger partial charge in [-0.3, -0.25) is 5.73 Å². The van der Waals surface area contributed by atoms with Crippen molar-refractivity contribution < 1.29 is 0 Å². The molecule has 0 heterocycles. The highest BCUT2D eigenvalue weighted by Gasteiger charge is 2.14. The first kappa shape index (κ1) is 6.86. The number of nitrogens with one attached hydrogen (secondary N) is 1. The summed E-state index contributed by atoms with van der Waals surface area (Å²) in [6.45, 7) is 0. The van der Waals surface area contributed by atoms with Crippen LogP contribution in [0.25, 0.3) is 0 Å². The van der Waals surface area contributed by atoms with Crippen molar-refractivity contribution in [3.8, 4) is 0 Å². The van der Waals surface area contributed by atoms with Crippen molar-refractivity contribution in [1.29, 1.82) is 0 Å². The van der Waals surface area contributed by atoms with Crippen LogP contribution in [0.15, 0.2) is 24.3 Å². The maximum atomic E-state index is 7.60. The Morgan fingerprint density at radius 2 is 1.91 bits per heavy atom. The molecule has 1 atom stereocenters. The topological polar surface area (TPSA) is 23.8 Å². The lowest BCUT2D eigenvalue weighted by Gasteiger charge is -2.19. The summed E-state index contributed by atoms with van der Waals surface area (Å²) in [7, 11) is 0. The molecule has 1 heteroatoms. The summed E-state index contributed by atoms with van der Waals surface area (Å²) in [4.78, 5) is 0. The van der Waals surface area contributed by atoms with Gasteiger partial charge in [0, 0.05) is 6.04 Å². The van der Waals surface area contributed by atoms with Gasteiger partial charge in [0.15, 0.2) is 0 Å². The third-order valence-electron chi connectivity index (χ3n) is 2.35. The number of aryl methyl sites for hydroxylation is 1. The zero-order valence-electron chi connectivity index (χ0n) is 6.51. The lowest BCUT2D eigenvalue weighted by molar-refractivity contribution is 0.562. The maximum absolute atomic E-state index is 7.60. The van der Waals surface area contributed by atoms with E-state index in [-0.39, 0.29) is 6.04 Å². The molecule has 1 N–H and O–H groups in total. The van der Waals surface area contributed by atoms with E-state index < -0.39 is 0 Å². The van der Waals surface area contributed by atoms with E-state index in [4.69, 9.17) is 5.73 Å². The molecule has 1 nitrogen and oxygen atoms in total. The van der Waals surface area contributed by atoms with E-state index in [0.717, 1.165) is 19.3 Å². The molecular formula is C10H12N. The molecule has 0 aliphatic heterocycles. The Morgan fingerprint density at radius 1 is 1.18 bits per heavy atom. The van der Waals surface area contributed by atoms with Crippen molar-refractivity contribution in [2.45, 2.75) is 25.3 Å². The number of rotatable bonds is 0. The van der Waals surface area contributed by atoms with Gasteiger partial charge in [-0.25, -0.2) is 0 Å². The molecule has 0 spiro atoms. The predicted molar refractivity (Wildman–Crippen MR) is 45.4 cm³/mol. The molecule has 1 aliphatic rings. The molecule has 1 aromatic carbocycles. The highest BCUT2D eigenvalue weighted by atomic mass is 14.6. The molecule has 0 saturated carbocycles. The van der Waals surface area contributed by atoms with Crippen molar-refractivity contribution in [2.75, 3.05) is 0 Å². The van der Waals surface area contributed by atoms with Crippen LogP contribution >= 0.6 is 0 Å². The second-order valence-electron chi connectivity index (χ2n) is 3.21. The lowest BCUT2D eigenvalue weighted by Crippen LogP contribution is -2.19. The van der Waals surface area contributed by atoms with E-state index in [1.807, 2.05) is 0 Å². The molecule has 1 unspecified atom stereocenters. The molecule has 57 valence electrons. The SMILES string of the molecule is [NH]C1CCc2ccccc2C1. The minimum Gasteiger partial charge on any atom is -0.254 e. The first-order chi connectivity index (χ1) is 5.36. The van der Waals surface area contributed by atoms with Gasteiger partial charge in [0.2, 0.25) is 0 Å². The van der Waals surface area contributed by atoms with Crippen LogP contribution in [-0.2, 0) is 12.8 Å². The first-order valence-corrected chi connectivity index (χ1v) is 4.14. The van der Waals surface area contributed by atoms with Gasteiger partial charge in [0.05, 0.1) is 0 Å². The van der Waals surface area contributed by atoms with Gasteiger partial charge in [-0.1, -0.05) is 24.3 Å². The molecule has 0 aromatic heterocycles. The third kappa shape index (κ3) is 1.29. The molecule has 2 rings (SSSR count). The summed E-state index contributed by atoms with van der Waals surface area (Å²) < 4.78 is 0. The van der Waals surface area contributed by atoms with Crippen molar-refractivity contribution in [1.82, 2.24) is 5.73 Å². The molecular weight excluding hydrogens is 134 g/mol. The van der Waals surface area contributed by atoms with Gasteiger partial charge in [-0.2, -0.15) is 0 Å². The van der Waals surface area contributed by atoms with Gasteiger partial charge >= 0.3 is 0 Å². The summed E-state index contributed by atoms with van der Waals surface area (Å²) in [5.41, 5.74) is 10.4. The fourth-order valence-electron chi connectivity index (χ4n) is 1.70. The molecule has 0 fully saturated rings. The first-order valence-electron chi connectivity index (χ1n) is 4.14. The van der Waals surface area contributed by atoms with Crippen LogP contribution in [0.1, 0.15) is 17.5 Å². The molecule has 1 aliphatic carbocycles. The third-order valence-corrected chi connectivity index (χ3v) is 2.35. The monoisotopic (exact) mass is 146 g/mol. The average Bonchev–Trinajstić information content (AvgIpc) is 2.04. The van der Waals surface area contributed by atoms with Crippen LogP contribution in [-0.4, -0.2) is 6.04 Å². The summed E-state index contributed by atoms with van der Waals surface area (Å²) in [6, 6.07) is 8.63. The van der Waals surface area contributed by atoms with Crippen molar-refractivity contribution in [2.24, 2.45) is 0 Å². The van der Waals surface area contributed by atoms with E-state index >= 15 is 0 Å². The van der Waals surface area contributed by atoms with Crippen molar-refractivity contribution >= 4 is 0 Å². The average molecular weight is 146 g/mol. The van der Waals surface area contributed by atoms with Gasteiger partial charge in [-0.15, -0.1) is 0 Å². The second kappa shape index (κ2) is 2.67. The minimum absolute atomic E-state index is 0.143. The molecule has 11 heavy (non-hydrogen) atoms. The number of benzene rings is 1. The van der Waals surface area contributed by atoms with Gasteiger partial charge in [0.25, 0.3) is 0 Å². The van der Waals surface area contributed by atoms with Crippen LogP contribution in [0, 0.1) is 0 Å². The standard InChI is InChI=1S/C10H12N/c11-10-6-5-8-3-1-2-4-9(8)7-10/h1-4,10-11H,5-7H2. The Bertz CT molecular complexity index is 255. The lowest BCUT2D eigenvalue weighted by atomic mass is 9.89. The van der Waals surface area contributed by atoms with Crippen LogP contribution in [0.5, 0.6) is 0 Å². The summed E-state index contributed by atoms with van der Waals surface area (Å²) in [5.74, 6) is 0. The van der Waals surface area contributed by atoms with E-state index in [2.05, 4.69) is 24.3 Å². The van der Waals surface area contributed by atoms with E-state index in [9.17, 15) is 0 Å². The summed E-state index contributed by atoms with van der Waals surface area (Å²) in [5, 5.41) is 0. The van der Waals surface area contributed by atoms with Crippen LogP contribution in [0.3, 0.4) is 0 Å². The Kier molecular flexibility index (Phi) is 1.66. The molecule has 1 radical (unpaired) electrons. The Balaban J connectivity index is 2.34. The zero-order chi connectivity index (χ0) is 7.68. The van der Waals surface area contributed by atoms with Gasteiger partial charge < -0.3 is 0 Å². The largest absolute Gasteiger partial charge is 0.254 e. The quantitative estimate of drug-likeness (QED) is 0.533. The Labute approximate surface area is 67.2 Å². The maximum Gasteiger partial charge on any atom is 0.0256 e. The van der Waals surface area contributed by atoms with Crippen LogP contribution in [0.2, 0.25) is 0 Å². The summed E-state index contributed by atoms with van der Waals surface area (Å²) in [6.07, 6.45) is 3.09. The van der Waals surface area contributed by atoms with E-state index in [1.165, 1.54) is 11.1 Å². The Hall–Kier alpha value is -0.820. The highest BCUT2D eigenvalue weighted by molar-refractivity contribution is 5.30.